The van der Waals surface area contributed by atoms with Crippen LogP contribution in [0.15, 0.2) is 22.8 Å². The molecule has 1 heterocycles. The number of alkyl halides is 2. The molecule has 1 nitrogen and oxygen atoms in total. The fourth-order valence-corrected chi connectivity index (χ4v) is 2.31. The molecule has 1 saturated carbocycles. The third-order valence-corrected chi connectivity index (χ3v) is 3.41. The van der Waals surface area contributed by atoms with Crippen LogP contribution in [-0.2, 0) is 5.92 Å². The topological polar surface area (TPSA) is 12.9 Å². The summed E-state index contributed by atoms with van der Waals surface area (Å²) in [6.45, 7) is 0. The zero-order chi connectivity index (χ0) is 10.9. The van der Waals surface area contributed by atoms with Gasteiger partial charge in [-0.1, -0.05) is 12.8 Å². The minimum atomic E-state index is -2.77. The highest BCUT2D eigenvalue weighted by atomic mass is 79.9. The molecule has 0 atom stereocenters. The van der Waals surface area contributed by atoms with Gasteiger partial charge in [0, 0.05) is 16.6 Å². The van der Waals surface area contributed by atoms with E-state index in [4.69, 9.17) is 0 Å². The summed E-state index contributed by atoms with van der Waals surface area (Å²) in [7, 11) is 0. The first-order valence-electron chi connectivity index (χ1n) is 5.10. The Hall–Kier alpha value is -0.510. The second-order valence-electron chi connectivity index (χ2n) is 3.97. The van der Waals surface area contributed by atoms with Crippen molar-refractivity contribution in [1.29, 1.82) is 0 Å². The van der Waals surface area contributed by atoms with Crippen LogP contribution < -0.4 is 0 Å². The molecule has 0 aromatic carbocycles. The number of halogens is 3. The summed E-state index contributed by atoms with van der Waals surface area (Å²) < 4.78 is 28.6. The van der Waals surface area contributed by atoms with Crippen LogP contribution in [0.1, 0.15) is 31.4 Å². The van der Waals surface area contributed by atoms with Crippen molar-refractivity contribution in [3.8, 4) is 0 Å². The van der Waals surface area contributed by atoms with Crippen LogP contribution in [0.3, 0.4) is 0 Å². The quantitative estimate of drug-likeness (QED) is 0.791. The molecule has 82 valence electrons. The maximum absolute atomic E-state index is 13.9. The first-order valence-corrected chi connectivity index (χ1v) is 5.90. The summed E-state index contributed by atoms with van der Waals surface area (Å²) in [4.78, 5) is 3.80. The number of hydrogen-bond donors (Lipinski definition) is 0. The number of rotatable bonds is 2. The van der Waals surface area contributed by atoms with Gasteiger partial charge in [0.1, 0.15) is 5.69 Å². The molecule has 15 heavy (non-hydrogen) atoms. The number of aromatic nitrogens is 1. The number of pyridine rings is 1. The largest absolute Gasteiger partial charge is 0.292 e. The monoisotopic (exact) mass is 275 g/mol. The third kappa shape index (κ3) is 2.19. The van der Waals surface area contributed by atoms with Gasteiger partial charge < -0.3 is 0 Å². The highest BCUT2D eigenvalue weighted by Gasteiger charge is 2.43. The van der Waals surface area contributed by atoms with Crippen molar-refractivity contribution in [1.82, 2.24) is 4.98 Å². The van der Waals surface area contributed by atoms with Crippen LogP contribution in [0.4, 0.5) is 8.78 Å². The molecule has 0 N–H and O–H groups in total. The van der Waals surface area contributed by atoms with E-state index in [-0.39, 0.29) is 5.69 Å². The molecule has 0 radical (unpaired) electrons. The molecule has 1 aliphatic rings. The molecular formula is C11H12BrF2N. The minimum absolute atomic E-state index is 0.0994. The molecular weight excluding hydrogens is 264 g/mol. The average Bonchev–Trinajstić information content (AvgIpc) is 2.71. The smallest absolute Gasteiger partial charge is 0.254 e. The molecule has 1 aliphatic carbocycles. The van der Waals surface area contributed by atoms with E-state index in [1.54, 1.807) is 6.07 Å². The predicted molar refractivity (Wildman–Crippen MR) is 57.8 cm³/mol. The Kier molecular flexibility index (Phi) is 3.05. The Morgan fingerprint density at radius 3 is 2.47 bits per heavy atom. The van der Waals surface area contributed by atoms with Crippen molar-refractivity contribution in [3.05, 3.63) is 28.5 Å². The lowest BCUT2D eigenvalue weighted by molar-refractivity contribution is -0.0665. The van der Waals surface area contributed by atoms with E-state index in [0.29, 0.717) is 12.8 Å². The maximum Gasteiger partial charge on any atom is 0.292 e. The molecule has 4 heteroatoms. The second-order valence-corrected chi connectivity index (χ2v) is 4.88. The van der Waals surface area contributed by atoms with Gasteiger partial charge in [-0.15, -0.1) is 0 Å². The van der Waals surface area contributed by atoms with Crippen molar-refractivity contribution in [2.24, 2.45) is 5.92 Å². The minimum Gasteiger partial charge on any atom is -0.254 e. The molecule has 0 bridgehead atoms. The highest BCUT2D eigenvalue weighted by Crippen LogP contribution is 2.43. The van der Waals surface area contributed by atoms with Crippen molar-refractivity contribution < 1.29 is 8.78 Å². The molecule has 0 amide bonds. The van der Waals surface area contributed by atoms with Crippen molar-refractivity contribution >= 4 is 15.9 Å². The van der Waals surface area contributed by atoms with Crippen molar-refractivity contribution in [2.45, 2.75) is 31.6 Å². The van der Waals surface area contributed by atoms with Gasteiger partial charge in [-0.25, -0.2) is 0 Å². The Morgan fingerprint density at radius 1 is 1.27 bits per heavy atom. The lowest BCUT2D eigenvalue weighted by Crippen LogP contribution is -2.24. The standard InChI is InChI=1S/C11H12BrF2N/c12-9-5-6-10(15-7-9)11(13,14)8-3-1-2-4-8/h5-8H,1-4H2. The first-order chi connectivity index (χ1) is 7.10. The van der Waals surface area contributed by atoms with E-state index in [1.165, 1.54) is 12.3 Å². The van der Waals surface area contributed by atoms with Gasteiger partial charge in [-0.05, 0) is 40.9 Å². The van der Waals surface area contributed by atoms with E-state index in [1.807, 2.05) is 0 Å². The Bertz CT molecular complexity index is 331. The van der Waals surface area contributed by atoms with Crippen LogP contribution in [0, 0.1) is 5.92 Å². The Labute approximate surface area is 96.0 Å². The lowest BCUT2D eigenvalue weighted by Gasteiger charge is -2.22. The highest BCUT2D eigenvalue weighted by molar-refractivity contribution is 9.10. The van der Waals surface area contributed by atoms with Gasteiger partial charge in [0.05, 0.1) is 0 Å². The fourth-order valence-electron chi connectivity index (χ4n) is 2.07. The predicted octanol–water partition coefficient (Wildman–Crippen LogP) is 4.13. The summed E-state index contributed by atoms with van der Waals surface area (Å²) >= 11 is 3.19. The fraction of sp³-hybridized carbons (Fsp3) is 0.545. The molecule has 1 fully saturated rings. The van der Waals surface area contributed by atoms with Crippen LogP contribution in [0.5, 0.6) is 0 Å². The van der Waals surface area contributed by atoms with Crippen molar-refractivity contribution in [2.75, 3.05) is 0 Å². The second kappa shape index (κ2) is 4.16. The van der Waals surface area contributed by atoms with Gasteiger partial charge in [0.2, 0.25) is 0 Å². The maximum atomic E-state index is 13.9. The van der Waals surface area contributed by atoms with E-state index >= 15 is 0 Å². The summed E-state index contributed by atoms with van der Waals surface area (Å²) in [6, 6.07) is 3.02. The molecule has 0 saturated heterocycles. The SMILES string of the molecule is FC(F)(c1ccc(Br)cn1)C1CCCC1. The molecule has 0 spiro atoms. The van der Waals surface area contributed by atoms with Gasteiger partial charge in [-0.2, -0.15) is 8.78 Å². The summed E-state index contributed by atoms with van der Waals surface area (Å²) in [5, 5.41) is 0. The van der Waals surface area contributed by atoms with E-state index in [9.17, 15) is 8.78 Å². The van der Waals surface area contributed by atoms with Crippen LogP contribution in [0.25, 0.3) is 0 Å². The summed E-state index contributed by atoms with van der Waals surface area (Å²) in [5.41, 5.74) is -0.0994. The summed E-state index contributed by atoms with van der Waals surface area (Å²) in [6.07, 6.45) is 4.49. The van der Waals surface area contributed by atoms with E-state index in [2.05, 4.69) is 20.9 Å². The van der Waals surface area contributed by atoms with Gasteiger partial charge >= 0.3 is 0 Å². The Morgan fingerprint density at radius 2 is 1.93 bits per heavy atom. The van der Waals surface area contributed by atoms with Crippen LogP contribution >= 0.6 is 15.9 Å². The lowest BCUT2D eigenvalue weighted by atomic mass is 9.97. The normalized spacial score (nSPS) is 18.3. The van der Waals surface area contributed by atoms with Crippen LogP contribution in [0.2, 0.25) is 0 Å². The third-order valence-electron chi connectivity index (χ3n) is 2.94. The average molecular weight is 276 g/mol. The number of hydrogen-bond acceptors (Lipinski definition) is 1. The zero-order valence-electron chi connectivity index (χ0n) is 8.22. The number of nitrogens with zero attached hydrogens (tertiary/aromatic N) is 1. The van der Waals surface area contributed by atoms with E-state index in [0.717, 1.165) is 17.3 Å². The van der Waals surface area contributed by atoms with Crippen molar-refractivity contribution in [3.63, 3.8) is 0 Å². The molecule has 0 unspecified atom stereocenters. The molecule has 1 aromatic heterocycles. The van der Waals surface area contributed by atoms with Crippen LogP contribution in [-0.4, -0.2) is 4.98 Å². The van der Waals surface area contributed by atoms with Gasteiger partial charge in [0.25, 0.3) is 5.92 Å². The molecule has 1 aromatic rings. The summed E-state index contributed by atoms with van der Waals surface area (Å²) in [5.74, 6) is -3.29. The van der Waals surface area contributed by atoms with E-state index < -0.39 is 11.8 Å². The van der Waals surface area contributed by atoms with Gasteiger partial charge in [-0.3, -0.25) is 4.98 Å². The zero-order valence-corrected chi connectivity index (χ0v) is 9.80. The molecule has 2 rings (SSSR count). The first kappa shape index (κ1) is 11.0. The molecule has 0 aliphatic heterocycles. The Balaban J connectivity index is 2.23. The van der Waals surface area contributed by atoms with Gasteiger partial charge in [0.15, 0.2) is 0 Å².